The number of carbonyl (C=O) groups is 1. The molecule has 3 nitrogen and oxygen atoms in total. The van der Waals surface area contributed by atoms with Crippen LogP contribution in [0.1, 0.15) is 119 Å². The number of carbonyl (C=O) groups excluding carboxylic acids is 1. The van der Waals surface area contributed by atoms with E-state index in [1.54, 1.807) is 6.92 Å². The predicted octanol–water partition coefficient (Wildman–Crippen LogP) is 7.75. The van der Waals surface area contributed by atoms with Gasteiger partial charge in [0.05, 0.1) is 12.2 Å². The van der Waals surface area contributed by atoms with Gasteiger partial charge in [0, 0.05) is 6.92 Å². The van der Waals surface area contributed by atoms with Crippen LogP contribution in [0.25, 0.3) is 0 Å². The lowest BCUT2D eigenvalue weighted by molar-refractivity contribution is -0.145. The van der Waals surface area contributed by atoms with Gasteiger partial charge in [0.2, 0.25) is 0 Å². The average molecular weight is 345 g/mol. The molecule has 0 saturated heterocycles. The molecule has 3 heteroatoms. The number of rotatable bonds is 4. The van der Waals surface area contributed by atoms with E-state index < -0.39 is 0 Å². The monoisotopic (exact) mass is 344 g/mol. The van der Waals surface area contributed by atoms with Crippen LogP contribution in [0.15, 0.2) is 0 Å². The maximum atomic E-state index is 10.2. The normalized spacial score (nSPS) is 9.04. The summed E-state index contributed by atoms with van der Waals surface area (Å²) in [4.78, 5) is 10.2. The standard InChI is InChI=1S/C6H12O2.C4H10O.C4H10.6CH4/c1-4-5(2)8-6(3)7;1-3-4(2)5;1-3-4-2;;;;;;/h5H,4H2,1-3H3;4-5H,3H2,1-2H3;3-4H2,1-2H3;6*1H4. The van der Waals surface area contributed by atoms with E-state index in [-0.39, 0.29) is 62.7 Å². The zero-order chi connectivity index (χ0) is 14.3. The second-order valence-electron chi connectivity index (χ2n) is 4.09. The third kappa shape index (κ3) is 114. The third-order valence-corrected chi connectivity index (χ3v) is 2.03. The first-order valence-corrected chi connectivity index (χ1v) is 6.70. The summed E-state index contributed by atoms with van der Waals surface area (Å²) < 4.78 is 4.76. The molecule has 0 bridgehead atoms. The fourth-order valence-electron chi connectivity index (χ4n) is 0.367. The summed E-state index contributed by atoms with van der Waals surface area (Å²) in [6, 6.07) is 0. The molecule has 23 heavy (non-hydrogen) atoms. The van der Waals surface area contributed by atoms with Gasteiger partial charge in [-0.2, -0.15) is 0 Å². The number of unbranched alkanes of at least 4 members (excludes halogenated alkanes) is 1. The number of esters is 1. The van der Waals surface area contributed by atoms with Crippen LogP contribution in [0.5, 0.6) is 0 Å². The van der Waals surface area contributed by atoms with E-state index >= 15 is 0 Å². The summed E-state index contributed by atoms with van der Waals surface area (Å²) >= 11 is 0. The fourth-order valence-corrected chi connectivity index (χ4v) is 0.367. The smallest absolute Gasteiger partial charge is 0.302 e. The molecule has 0 aromatic carbocycles. The lowest BCUT2D eigenvalue weighted by Gasteiger charge is -2.06. The highest BCUT2D eigenvalue weighted by Gasteiger charge is 1.99. The van der Waals surface area contributed by atoms with Crippen LogP contribution >= 0.6 is 0 Å². The van der Waals surface area contributed by atoms with Gasteiger partial charge in [-0.1, -0.05) is 85.1 Å². The highest BCUT2D eigenvalue weighted by Crippen LogP contribution is 1.94. The molecule has 2 unspecified atom stereocenters. The number of hydrogen-bond acceptors (Lipinski definition) is 3. The van der Waals surface area contributed by atoms with E-state index in [2.05, 4.69) is 13.8 Å². The van der Waals surface area contributed by atoms with Crippen molar-refractivity contribution in [2.24, 2.45) is 0 Å². The molecule has 0 aromatic rings. The van der Waals surface area contributed by atoms with Crippen LogP contribution in [-0.4, -0.2) is 23.3 Å². The molecule has 2 atom stereocenters. The first-order valence-electron chi connectivity index (χ1n) is 6.70. The summed E-state index contributed by atoms with van der Waals surface area (Å²) in [6.07, 6.45) is 4.35. The van der Waals surface area contributed by atoms with Crippen molar-refractivity contribution < 1.29 is 14.6 Å². The molecule has 0 rings (SSSR count). The Morgan fingerprint density at radius 1 is 0.826 bits per heavy atom. The molecule has 0 amide bonds. The van der Waals surface area contributed by atoms with Gasteiger partial charge < -0.3 is 9.84 Å². The Hall–Kier alpha value is -0.570. The molecule has 0 fully saturated rings. The van der Waals surface area contributed by atoms with E-state index in [0.717, 1.165) is 12.8 Å². The Kier molecular flexibility index (Phi) is 123. The Morgan fingerprint density at radius 2 is 1.09 bits per heavy atom. The number of aliphatic hydroxyl groups excluding tert-OH is 1. The molecule has 1 N–H and O–H groups in total. The summed E-state index contributed by atoms with van der Waals surface area (Å²) in [6.45, 7) is 13.4. The highest BCUT2D eigenvalue weighted by atomic mass is 16.5. The lowest BCUT2D eigenvalue weighted by Crippen LogP contribution is -2.09. The van der Waals surface area contributed by atoms with Crippen LogP contribution in [-0.2, 0) is 9.53 Å². The average Bonchev–Trinajstić information content (AvgIpc) is 2.29. The maximum absolute atomic E-state index is 10.2. The van der Waals surface area contributed by atoms with Crippen molar-refractivity contribution in [3.8, 4) is 0 Å². The van der Waals surface area contributed by atoms with Crippen LogP contribution in [0.2, 0.25) is 0 Å². The molecule has 0 aromatic heterocycles. The van der Waals surface area contributed by atoms with Gasteiger partial charge in [-0.05, 0) is 26.7 Å². The summed E-state index contributed by atoms with van der Waals surface area (Å²) in [5.74, 6) is -0.195. The Morgan fingerprint density at radius 3 is 1.13 bits per heavy atom. The maximum Gasteiger partial charge on any atom is 0.302 e. The molecule has 0 heterocycles. The quantitative estimate of drug-likeness (QED) is 0.530. The minimum Gasteiger partial charge on any atom is -0.463 e. The largest absolute Gasteiger partial charge is 0.463 e. The first kappa shape index (κ1) is 57.1. The van der Waals surface area contributed by atoms with Gasteiger partial charge in [0.15, 0.2) is 0 Å². The van der Waals surface area contributed by atoms with Crippen molar-refractivity contribution in [1.29, 1.82) is 0 Å². The van der Waals surface area contributed by atoms with E-state index in [4.69, 9.17) is 9.84 Å². The van der Waals surface area contributed by atoms with Crippen LogP contribution in [0, 0.1) is 0 Å². The second-order valence-corrected chi connectivity index (χ2v) is 4.09. The number of aliphatic hydroxyl groups is 1. The number of ether oxygens (including phenoxy) is 1. The van der Waals surface area contributed by atoms with Crippen molar-refractivity contribution in [3.63, 3.8) is 0 Å². The molecule has 0 radical (unpaired) electrons. The minimum absolute atomic E-state index is 0. The lowest BCUT2D eigenvalue weighted by atomic mass is 10.3. The first-order chi connectivity index (χ1) is 7.85. The van der Waals surface area contributed by atoms with Crippen molar-refractivity contribution in [2.75, 3.05) is 0 Å². The van der Waals surface area contributed by atoms with Crippen molar-refractivity contribution in [1.82, 2.24) is 0 Å². The highest BCUT2D eigenvalue weighted by molar-refractivity contribution is 5.66. The molecule has 0 aliphatic rings. The van der Waals surface area contributed by atoms with E-state index in [1.807, 2.05) is 20.8 Å². The molecular weight excluding hydrogens is 288 g/mol. The second kappa shape index (κ2) is 49.6. The molecule has 154 valence electrons. The SMILES string of the molecule is C.C.C.C.C.C.CCC(C)O.CCC(C)OC(C)=O.CCCC. The van der Waals surface area contributed by atoms with E-state index in [9.17, 15) is 4.79 Å². The van der Waals surface area contributed by atoms with Gasteiger partial charge in [-0.3, -0.25) is 4.79 Å². The third-order valence-electron chi connectivity index (χ3n) is 2.03. The Bertz CT molecular complexity index is 144. The predicted molar refractivity (Wildman–Crippen MR) is 114 cm³/mol. The van der Waals surface area contributed by atoms with Crippen LogP contribution in [0.3, 0.4) is 0 Å². The van der Waals surface area contributed by atoms with Crippen molar-refractivity contribution in [2.45, 2.75) is 131 Å². The zero-order valence-electron chi connectivity index (χ0n) is 12.7. The molecule has 0 spiro atoms. The van der Waals surface area contributed by atoms with Gasteiger partial charge >= 0.3 is 5.97 Å². The van der Waals surface area contributed by atoms with Gasteiger partial charge in [-0.15, -0.1) is 0 Å². The minimum atomic E-state index is -0.195. The summed E-state index contributed by atoms with van der Waals surface area (Å²) in [5.41, 5.74) is 0. The summed E-state index contributed by atoms with van der Waals surface area (Å²) in [7, 11) is 0. The molecular formula is C20H56O3. The zero-order valence-corrected chi connectivity index (χ0v) is 12.7. The van der Waals surface area contributed by atoms with Gasteiger partial charge in [-0.25, -0.2) is 0 Å². The van der Waals surface area contributed by atoms with Crippen molar-refractivity contribution >= 4 is 5.97 Å². The summed E-state index contributed by atoms with van der Waals surface area (Å²) in [5, 5.41) is 8.36. The van der Waals surface area contributed by atoms with Crippen LogP contribution in [0.4, 0.5) is 0 Å². The Labute approximate surface area is 152 Å². The van der Waals surface area contributed by atoms with E-state index in [0.29, 0.717) is 0 Å². The molecule has 0 aliphatic carbocycles. The Balaban J connectivity index is -0.0000000169. The molecule has 0 saturated carbocycles. The fraction of sp³-hybridized carbons (Fsp3) is 0.950. The van der Waals surface area contributed by atoms with Gasteiger partial charge in [0.25, 0.3) is 0 Å². The van der Waals surface area contributed by atoms with Crippen LogP contribution < -0.4 is 0 Å². The van der Waals surface area contributed by atoms with E-state index in [1.165, 1.54) is 19.8 Å². The molecule has 0 aliphatic heterocycles. The topological polar surface area (TPSA) is 46.5 Å². The number of hydrogen-bond donors (Lipinski definition) is 1. The van der Waals surface area contributed by atoms with Crippen molar-refractivity contribution in [3.05, 3.63) is 0 Å². The van der Waals surface area contributed by atoms with Gasteiger partial charge in [0.1, 0.15) is 0 Å².